The van der Waals surface area contributed by atoms with Gasteiger partial charge in [-0.2, -0.15) is 15.2 Å². The summed E-state index contributed by atoms with van der Waals surface area (Å²) in [5.74, 6) is 0.620. The Morgan fingerprint density at radius 2 is 2.02 bits per heavy atom. The number of amides is 1. The predicted octanol–water partition coefficient (Wildman–Crippen LogP) is 5.10. The van der Waals surface area contributed by atoms with Crippen LogP contribution in [0.15, 0.2) is 43.1 Å². The van der Waals surface area contributed by atoms with Gasteiger partial charge >= 0.3 is 6.01 Å². The summed E-state index contributed by atoms with van der Waals surface area (Å²) in [5, 5.41) is 24.5. The maximum Gasteiger partial charge on any atom is 0.319 e. The Labute approximate surface area is 300 Å². The number of rotatable bonds is 9. The van der Waals surface area contributed by atoms with E-state index in [4.69, 9.17) is 20.9 Å². The molecule has 0 radical (unpaired) electrons. The minimum absolute atomic E-state index is 0.0399. The molecular weight excluding hydrogens is 668 g/mol. The first-order valence-electron chi connectivity index (χ1n) is 17.3. The predicted molar refractivity (Wildman–Crippen MR) is 192 cm³/mol. The molecule has 13 heteroatoms. The highest BCUT2D eigenvalue weighted by Gasteiger charge is 2.45. The van der Waals surface area contributed by atoms with E-state index in [0.717, 1.165) is 32.5 Å². The largest absolute Gasteiger partial charge is 0.508 e. The fraction of sp³-hybridized carbons (Fsp3) is 0.410. The van der Waals surface area contributed by atoms with E-state index in [1.54, 1.807) is 0 Å². The number of hydrogen-bond acceptors (Lipinski definition) is 10. The van der Waals surface area contributed by atoms with E-state index in [1.165, 1.54) is 36.5 Å². The summed E-state index contributed by atoms with van der Waals surface area (Å²) < 4.78 is 43.8. The minimum Gasteiger partial charge on any atom is -0.508 e. The molecule has 2 aromatic heterocycles. The van der Waals surface area contributed by atoms with Gasteiger partial charge in [-0.1, -0.05) is 18.6 Å². The van der Waals surface area contributed by atoms with E-state index in [9.17, 15) is 19.6 Å². The molecule has 2 aliphatic heterocycles. The third-order valence-electron chi connectivity index (χ3n) is 10.4. The summed E-state index contributed by atoms with van der Waals surface area (Å²) >= 11 is 0. The molecule has 2 saturated heterocycles. The number of hydrogen-bond donors (Lipinski definition) is 2. The number of benzene rings is 2. The molecule has 0 bridgehead atoms. The van der Waals surface area contributed by atoms with Crippen molar-refractivity contribution in [1.82, 2.24) is 25.2 Å². The highest BCUT2D eigenvalue weighted by atomic mass is 19.1. The number of phenolic OH excluding ortho intramolecular Hbond substituents is 1. The minimum atomic E-state index is -0.840. The van der Waals surface area contributed by atoms with Gasteiger partial charge in [0.25, 0.3) is 0 Å². The Morgan fingerprint density at radius 3 is 2.73 bits per heavy atom. The number of pyridine rings is 1. The SMILES string of the molecule is C#Cc1c(F)ccc2cc(O)cc(-c3ncc4c(N5CC[C@](C)(C#N)C[C@@H](NC(=O)C=C)C5)nc(OCC5(CN6CCOCC6)CC5)nc4c3F)c12. The second-order valence-corrected chi connectivity index (χ2v) is 14.3. The zero-order valence-corrected chi connectivity index (χ0v) is 28.9. The molecule has 11 nitrogen and oxygen atoms in total. The van der Waals surface area contributed by atoms with Crippen LogP contribution in [0.5, 0.6) is 11.8 Å². The number of halogens is 2. The van der Waals surface area contributed by atoms with Gasteiger partial charge in [0, 0.05) is 61.3 Å². The van der Waals surface area contributed by atoms with Crippen molar-refractivity contribution in [3.63, 3.8) is 0 Å². The van der Waals surface area contributed by atoms with Crippen molar-refractivity contribution in [2.75, 3.05) is 57.4 Å². The van der Waals surface area contributed by atoms with Crippen LogP contribution in [0.3, 0.4) is 0 Å². The number of nitrogens with zero attached hydrogens (tertiary/aromatic N) is 6. The molecule has 2 N–H and O–H groups in total. The molecule has 52 heavy (non-hydrogen) atoms. The molecule has 3 aliphatic rings. The quantitative estimate of drug-likeness (QED) is 0.179. The Morgan fingerprint density at radius 1 is 1.23 bits per heavy atom. The zero-order chi connectivity index (χ0) is 36.6. The normalized spacial score (nSPS) is 21.6. The van der Waals surface area contributed by atoms with Gasteiger partial charge in [0.15, 0.2) is 5.82 Å². The van der Waals surface area contributed by atoms with Gasteiger partial charge in [-0.15, -0.1) is 6.42 Å². The van der Waals surface area contributed by atoms with Crippen molar-refractivity contribution in [3.8, 4) is 41.4 Å². The number of morpholine rings is 1. The smallest absolute Gasteiger partial charge is 0.319 e. The molecule has 1 saturated carbocycles. The lowest BCUT2D eigenvalue weighted by Gasteiger charge is -2.30. The summed E-state index contributed by atoms with van der Waals surface area (Å²) in [6.07, 6.45) is 11.1. The van der Waals surface area contributed by atoms with Gasteiger partial charge in [-0.05, 0) is 62.3 Å². The molecule has 4 heterocycles. The lowest BCUT2D eigenvalue weighted by Crippen LogP contribution is -2.43. The molecule has 1 amide bonds. The molecule has 0 spiro atoms. The lowest BCUT2D eigenvalue weighted by atomic mass is 9.83. The molecule has 268 valence electrons. The van der Waals surface area contributed by atoms with Gasteiger partial charge in [0.1, 0.15) is 28.6 Å². The summed E-state index contributed by atoms with van der Waals surface area (Å²) in [6, 6.07) is 7.28. The van der Waals surface area contributed by atoms with Crippen LogP contribution in [-0.2, 0) is 9.53 Å². The van der Waals surface area contributed by atoms with Crippen LogP contribution < -0.4 is 15.0 Å². The molecule has 3 fully saturated rings. The number of phenols is 1. The number of aromatic nitrogens is 3. The molecular formula is C39H39F2N7O4. The van der Waals surface area contributed by atoms with E-state index < -0.39 is 23.1 Å². The van der Waals surface area contributed by atoms with Crippen LogP contribution in [0, 0.1) is 46.1 Å². The Balaban J connectivity index is 1.34. The van der Waals surface area contributed by atoms with E-state index in [-0.39, 0.29) is 62.7 Å². The fourth-order valence-electron chi connectivity index (χ4n) is 7.34. The summed E-state index contributed by atoms with van der Waals surface area (Å²) in [7, 11) is 0. The van der Waals surface area contributed by atoms with Crippen LogP contribution in [0.2, 0.25) is 0 Å². The molecule has 2 atom stereocenters. The average molecular weight is 708 g/mol. The summed E-state index contributed by atoms with van der Waals surface area (Å²) in [5.41, 5.74) is -1.14. The van der Waals surface area contributed by atoms with Crippen LogP contribution in [-0.4, -0.2) is 89.5 Å². The highest BCUT2D eigenvalue weighted by Crippen LogP contribution is 2.47. The second kappa shape index (κ2) is 14.0. The number of ether oxygens (including phenoxy) is 2. The van der Waals surface area contributed by atoms with Crippen molar-refractivity contribution in [3.05, 3.63) is 60.3 Å². The Bertz CT molecular complexity index is 2160. The summed E-state index contributed by atoms with van der Waals surface area (Å²) in [6.45, 7) is 10.2. The van der Waals surface area contributed by atoms with Crippen molar-refractivity contribution < 1.29 is 28.2 Å². The maximum atomic E-state index is 17.0. The van der Waals surface area contributed by atoms with Crippen molar-refractivity contribution in [1.29, 1.82) is 5.26 Å². The number of anilines is 1. The standard InChI is InChI=1S/C39H39F2N7O4/c1-4-27-30(40)7-6-24-16-26(49)17-28(32(24)27)34-33(41)35-29(19-43-34)36(48-11-10-38(3,21-42)18-25(20-48)44-31(50)5-2)46-37(45-35)52-23-39(8-9-39)22-47-12-14-51-15-13-47/h1,5-7,16-17,19,25,49H,2,8-15,18,20,22-23H2,3H3,(H,44,50)/t25-,38+/m1/s1. The number of fused-ring (bicyclic) bond motifs is 2. The van der Waals surface area contributed by atoms with Gasteiger partial charge in [-0.25, -0.2) is 8.78 Å². The number of terminal acetylenes is 1. The van der Waals surface area contributed by atoms with Crippen LogP contribution in [0.4, 0.5) is 14.6 Å². The lowest BCUT2D eigenvalue weighted by molar-refractivity contribution is -0.117. The van der Waals surface area contributed by atoms with Gasteiger partial charge in [-0.3, -0.25) is 14.7 Å². The van der Waals surface area contributed by atoms with Crippen molar-refractivity contribution >= 4 is 33.4 Å². The average Bonchev–Trinajstić information content (AvgIpc) is 3.94. The van der Waals surface area contributed by atoms with Crippen molar-refractivity contribution in [2.45, 2.75) is 38.6 Å². The highest BCUT2D eigenvalue weighted by molar-refractivity contribution is 6.03. The number of carbonyl (C=O) groups is 1. The Kier molecular flexibility index (Phi) is 9.42. The van der Waals surface area contributed by atoms with Gasteiger partial charge in [0.2, 0.25) is 5.91 Å². The van der Waals surface area contributed by atoms with Crippen molar-refractivity contribution in [2.24, 2.45) is 10.8 Å². The number of carbonyl (C=O) groups excluding carboxylic acids is 1. The molecule has 0 unspecified atom stereocenters. The molecule has 7 rings (SSSR count). The van der Waals surface area contributed by atoms with Gasteiger partial charge < -0.3 is 24.8 Å². The maximum absolute atomic E-state index is 17.0. The van der Waals surface area contributed by atoms with Crippen LogP contribution in [0.1, 0.15) is 38.2 Å². The number of nitriles is 1. The third kappa shape index (κ3) is 6.94. The molecule has 2 aromatic carbocycles. The first-order chi connectivity index (χ1) is 25.0. The summed E-state index contributed by atoms with van der Waals surface area (Å²) in [4.78, 5) is 30.6. The topological polar surface area (TPSA) is 137 Å². The van der Waals surface area contributed by atoms with Crippen LogP contribution >= 0.6 is 0 Å². The Hall–Kier alpha value is -5.37. The first-order valence-corrected chi connectivity index (χ1v) is 17.3. The molecule has 1 aliphatic carbocycles. The number of aromatic hydroxyl groups is 1. The van der Waals surface area contributed by atoms with Gasteiger partial charge in [0.05, 0.1) is 42.3 Å². The van der Waals surface area contributed by atoms with E-state index in [1.807, 2.05) is 11.8 Å². The zero-order valence-electron chi connectivity index (χ0n) is 28.9. The second-order valence-electron chi connectivity index (χ2n) is 14.3. The van der Waals surface area contributed by atoms with Crippen LogP contribution in [0.25, 0.3) is 32.9 Å². The monoisotopic (exact) mass is 707 g/mol. The number of nitrogens with one attached hydrogen (secondary N) is 1. The van der Waals surface area contributed by atoms with E-state index >= 15 is 4.39 Å². The van der Waals surface area contributed by atoms with E-state index in [2.05, 4.69) is 38.8 Å². The molecule has 4 aromatic rings. The third-order valence-corrected chi connectivity index (χ3v) is 10.4. The fourth-order valence-corrected chi connectivity index (χ4v) is 7.34. The first kappa shape index (κ1) is 35.1. The van der Waals surface area contributed by atoms with E-state index in [0.29, 0.717) is 50.4 Å².